The van der Waals surface area contributed by atoms with Crippen LogP contribution >= 0.6 is 55.1 Å². The van der Waals surface area contributed by atoms with Crippen molar-refractivity contribution in [3.8, 4) is 23.0 Å². The minimum atomic E-state index is -0.602. The maximum atomic E-state index is 10.3. The molecule has 7 heterocycles. The number of halogens is 4. The van der Waals surface area contributed by atoms with E-state index in [1.54, 1.807) is 23.0 Å². The molecule has 7 atom stereocenters. The lowest BCUT2D eigenvalue weighted by Gasteiger charge is -2.28. The number of β-amino-alcohol motifs (C(OH)–C–C–N with tert-alkyl or cyclic N) is 1. The number of nitrogens with zero attached hydrogens (tertiary/aromatic N) is 3. The van der Waals surface area contributed by atoms with Crippen LogP contribution in [0.2, 0.25) is 10.0 Å². The molecular weight excluding hydrogens is 1520 g/mol. The van der Waals surface area contributed by atoms with E-state index in [4.69, 9.17) is 42.1 Å². The van der Waals surface area contributed by atoms with Gasteiger partial charge in [0.1, 0.15) is 61.1 Å². The first-order chi connectivity index (χ1) is 52.8. The van der Waals surface area contributed by atoms with Crippen LogP contribution in [-0.4, -0.2) is 114 Å². The summed E-state index contributed by atoms with van der Waals surface area (Å²) < 4.78 is 26.6. The van der Waals surface area contributed by atoms with Crippen molar-refractivity contribution >= 4 is 98.7 Å². The van der Waals surface area contributed by atoms with E-state index in [0.29, 0.717) is 61.8 Å². The van der Waals surface area contributed by atoms with Crippen LogP contribution in [0.4, 0.5) is 0 Å². The molecule has 7 unspecified atom stereocenters. The molecule has 7 N–H and O–H groups in total. The fourth-order valence-corrected chi connectivity index (χ4v) is 18.3. The number of phenolic OH excluding ortho intramolecular Hbond substituents is 1. The minimum absolute atomic E-state index is 0.240. The van der Waals surface area contributed by atoms with Gasteiger partial charge in [-0.15, -0.1) is 0 Å². The number of fused-ring (bicyclic) bond motifs is 12. The molecule has 2 aliphatic heterocycles. The average molecular weight is 1620 g/mol. The molecule has 4 aliphatic carbocycles. The normalized spacial score (nSPS) is 19.4. The van der Waals surface area contributed by atoms with Gasteiger partial charge in [-0.05, 0) is 275 Å². The Kier molecular flexibility index (Phi) is 23.2. The lowest BCUT2D eigenvalue weighted by Crippen LogP contribution is -2.38. The molecule has 108 heavy (non-hydrogen) atoms. The van der Waals surface area contributed by atoms with E-state index < -0.39 is 12.2 Å². The predicted octanol–water partition coefficient (Wildman–Crippen LogP) is 21.1. The molecule has 8 aromatic carbocycles. The van der Waals surface area contributed by atoms with Crippen LogP contribution in [-0.2, 0) is 37.0 Å². The van der Waals surface area contributed by atoms with Crippen LogP contribution in [0.25, 0.3) is 43.6 Å². The number of aromatic hydroxyl groups is 1. The van der Waals surface area contributed by atoms with Crippen molar-refractivity contribution < 1.29 is 34.3 Å². The topological polar surface area (TPSA) is 185 Å². The van der Waals surface area contributed by atoms with Gasteiger partial charge in [-0.2, -0.15) is 5.10 Å². The van der Waals surface area contributed by atoms with Gasteiger partial charge >= 0.3 is 0 Å². The van der Waals surface area contributed by atoms with Crippen molar-refractivity contribution in [1.29, 1.82) is 0 Å². The zero-order valence-electron chi connectivity index (χ0n) is 60.7. The number of nitrogens with one attached hydrogen (secondary N) is 4. The quantitative estimate of drug-likeness (QED) is 0.0344. The SMILES string of the molecule is Clc1ccc2[nH]c3c(c2c1)CCCC3c1ccc(OCC2CO2)cc1.OC(COc1ccc(C2CCCCc3c2[nH]c2ccc(Br)cc32)cc1)Cn1cccn1.OC(COc1ccc(C2CCCc3c2[nH]c2ccc(Br)cc32)cc1)CN1CCCCC1.Oc1ccc(C2CCCc3c2[nH]c2ccc(Cl)cc32)cc1. The highest BCUT2D eigenvalue weighted by molar-refractivity contribution is 9.10. The van der Waals surface area contributed by atoms with E-state index in [0.717, 1.165) is 106 Å². The van der Waals surface area contributed by atoms with Crippen molar-refractivity contribution in [3.63, 3.8) is 0 Å². The first-order valence-electron chi connectivity index (χ1n) is 38.7. The second-order valence-electron chi connectivity index (χ2n) is 30.0. The minimum Gasteiger partial charge on any atom is -0.508 e. The monoisotopic (exact) mass is 1610 g/mol. The zero-order chi connectivity index (χ0) is 73.6. The summed E-state index contributed by atoms with van der Waals surface area (Å²) in [6, 6.07) is 60.0. The van der Waals surface area contributed by atoms with Gasteiger partial charge in [-0.25, -0.2) is 0 Å². The van der Waals surface area contributed by atoms with Gasteiger partial charge in [-0.3, -0.25) is 4.68 Å². The van der Waals surface area contributed by atoms with Crippen molar-refractivity contribution in [1.82, 2.24) is 34.6 Å². The largest absolute Gasteiger partial charge is 0.508 e. The molecule has 13 aromatic rings. The summed E-state index contributed by atoms with van der Waals surface area (Å²) in [5, 5.41) is 40.9. The number of H-pyrrole nitrogens is 4. The molecule has 0 spiro atoms. The van der Waals surface area contributed by atoms with Crippen LogP contribution in [0.3, 0.4) is 0 Å². The van der Waals surface area contributed by atoms with Crippen molar-refractivity contribution in [2.75, 3.05) is 46.1 Å². The summed E-state index contributed by atoms with van der Waals surface area (Å²) in [7, 11) is 0. The van der Waals surface area contributed by atoms with E-state index in [1.807, 2.05) is 48.7 Å². The Hall–Kier alpha value is -8.29. The number of rotatable bonds is 17. The Labute approximate surface area is 657 Å². The van der Waals surface area contributed by atoms with Gasteiger partial charge in [0, 0.05) is 128 Å². The van der Waals surface area contributed by atoms with Gasteiger partial charge in [0.25, 0.3) is 0 Å². The molecule has 6 aliphatic rings. The van der Waals surface area contributed by atoms with Crippen LogP contribution < -0.4 is 14.2 Å². The lowest BCUT2D eigenvalue weighted by atomic mass is 9.82. The molecule has 0 amide bonds. The maximum absolute atomic E-state index is 10.3. The molecule has 19 rings (SSSR count). The van der Waals surface area contributed by atoms with Crippen LogP contribution in [0, 0.1) is 0 Å². The van der Waals surface area contributed by atoms with Gasteiger partial charge in [0.15, 0.2) is 0 Å². The maximum Gasteiger partial charge on any atom is 0.119 e. The van der Waals surface area contributed by atoms with E-state index in [1.165, 1.54) is 163 Å². The molecule has 2 saturated heterocycles. The number of aryl methyl sites for hydroxylation is 4. The fraction of sp³-hybridized carbons (Fsp3) is 0.344. The Morgan fingerprint density at radius 3 is 1.27 bits per heavy atom. The molecule has 14 nitrogen and oxygen atoms in total. The summed E-state index contributed by atoms with van der Waals surface area (Å²) in [4.78, 5) is 17.0. The number of hydrogen-bond acceptors (Lipinski definition) is 9. The first-order valence-corrected chi connectivity index (χ1v) is 41.0. The summed E-state index contributed by atoms with van der Waals surface area (Å²) in [6.07, 6.45) is 21.7. The molecular formula is C90H93Br2Cl2N7O7. The number of aromatic amines is 4. The average Bonchev–Trinajstić information content (AvgIpc) is 1.64. The van der Waals surface area contributed by atoms with Crippen molar-refractivity contribution in [2.45, 2.75) is 151 Å². The smallest absolute Gasteiger partial charge is 0.119 e. The number of hydrogen-bond donors (Lipinski definition) is 7. The summed E-state index contributed by atoms with van der Waals surface area (Å²) >= 11 is 19.6. The highest BCUT2D eigenvalue weighted by Gasteiger charge is 2.31. The Morgan fingerprint density at radius 1 is 0.454 bits per heavy atom. The number of epoxide rings is 1. The van der Waals surface area contributed by atoms with Gasteiger partial charge in [0.05, 0.1) is 13.2 Å². The summed E-state index contributed by atoms with van der Waals surface area (Å²) in [5.41, 5.74) is 21.2. The van der Waals surface area contributed by atoms with Crippen LogP contribution in [0.5, 0.6) is 23.0 Å². The summed E-state index contributed by atoms with van der Waals surface area (Å²) in [5.74, 6) is 4.39. The molecule has 0 radical (unpaired) electrons. The van der Waals surface area contributed by atoms with Crippen molar-refractivity contribution in [2.24, 2.45) is 0 Å². The number of likely N-dealkylation sites (tertiary alicyclic amines) is 1. The third-order valence-corrected chi connectivity index (χ3v) is 24.1. The number of piperidine rings is 1. The lowest BCUT2D eigenvalue weighted by molar-refractivity contribution is 0.0617. The number of ether oxygens (including phenoxy) is 4. The van der Waals surface area contributed by atoms with Gasteiger partial charge in [-0.1, -0.05) is 116 Å². The number of benzene rings is 8. The Bertz CT molecular complexity index is 5180. The summed E-state index contributed by atoms with van der Waals surface area (Å²) in [6.45, 7) is 5.39. The Balaban J connectivity index is 0.000000111. The molecule has 0 saturated carbocycles. The number of aliphatic hydroxyl groups is 2. The first kappa shape index (κ1) is 73.8. The zero-order valence-corrected chi connectivity index (χ0v) is 65.4. The molecule has 558 valence electrons. The number of phenols is 1. The second kappa shape index (κ2) is 33.9. The molecule has 2 fully saturated rings. The van der Waals surface area contributed by atoms with Crippen LogP contribution in [0.1, 0.15) is 168 Å². The van der Waals surface area contributed by atoms with E-state index in [9.17, 15) is 15.3 Å². The van der Waals surface area contributed by atoms with Crippen molar-refractivity contribution in [3.05, 3.63) is 275 Å². The highest BCUT2D eigenvalue weighted by Crippen LogP contribution is 2.46. The number of aliphatic hydroxyl groups excluding tert-OH is 2. The predicted molar refractivity (Wildman–Crippen MR) is 441 cm³/mol. The third kappa shape index (κ3) is 17.3. The Morgan fingerprint density at radius 2 is 0.843 bits per heavy atom. The van der Waals surface area contributed by atoms with Gasteiger partial charge < -0.3 is 59.1 Å². The fourth-order valence-electron chi connectivity index (χ4n) is 17.2. The van der Waals surface area contributed by atoms with E-state index in [-0.39, 0.29) is 6.61 Å². The van der Waals surface area contributed by atoms with E-state index >= 15 is 0 Å². The highest BCUT2D eigenvalue weighted by atomic mass is 79.9. The third-order valence-electron chi connectivity index (χ3n) is 22.7. The van der Waals surface area contributed by atoms with E-state index in [2.05, 4.69) is 183 Å². The molecule has 0 bridgehead atoms. The van der Waals surface area contributed by atoms with Gasteiger partial charge in [0.2, 0.25) is 0 Å². The number of aromatic nitrogens is 6. The van der Waals surface area contributed by atoms with Crippen LogP contribution in [0.15, 0.2) is 197 Å². The molecule has 18 heteroatoms. The standard InChI is InChI=1S/C26H31BrN2O2.C25H26BrN3O2.C21H20ClNO2.C18H16ClNO/c27-19-9-12-25-24(15-19)23-6-4-5-22(26(23)28-25)18-7-10-21(11-8-18)31-17-20(30)16-29-13-2-1-3-14-29;26-18-8-11-24-23(14-18)22-5-2-1-4-21(25(22)28-24)17-6-9-20(10-7-17)31-16-19(30)15-29-13-3-12-27-29;22-14-6-9-20-19(10-14)18-3-1-2-17(21(18)23-20)13-4-7-15(8-5-13)24-11-16-12-25-16;19-12-6-9-17-16(10-12)15-3-1-2-14(18(15)20-17)11-4-7-13(21)8-5-11/h7-12,15,20,22,28,30H,1-6,13-14,16-17H2;3,6-14,19,21,28,30H,1-2,4-5,15-16H2;4-10,16-17,23H,1-3,11-12H2;4-10,14,20-21H,1-3H2. The molecule has 5 aromatic heterocycles. The second-order valence-corrected chi connectivity index (χ2v) is 32.7.